The average Bonchev–Trinajstić information content (AvgIpc) is 3.21. The van der Waals surface area contributed by atoms with E-state index in [0.29, 0.717) is 0 Å². The Morgan fingerprint density at radius 3 is 2.91 bits per heavy atom. The molecule has 1 aliphatic rings. The molecule has 2 N–H and O–H groups in total. The number of hydrogen-bond donors (Lipinski definition) is 2. The van der Waals surface area contributed by atoms with Crippen molar-refractivity contribution in [3.8, 4) is 11.3 Å². The molecule has 0 aliphatic carbocycles. The Morgan fingerprint density at radius 1 is 1.36 bits per heavy atom. The monoisotopic (exact) mass is 318 g/mol. The maximum absolute atomic E-state index is 11.9. The molecule has 1 aliphatic heterocycles. The lowest BCUT2D eigenvalue weighted by Crippen LogP contribution is -2.33. The molecule has 3 rings (SSSR count). The highest BCUT2D eigenvalue weighted by Gasteiger charge is 2.15. The summed E-state index contributed by atoms with van der Waals surface area (Å²) in [7, 11) is 0. The lowest BCUT2D eigenvalue weighted by molar-refractivity contribution is -0.115. The molecule has 0 saturated carbocycles. The molecule has 6 nitrogen and oxygen atoms in total. The molecule has 7 heteroatoms. The van der Waals surface area contributed by atoms with Gasteiger partial charge in [-0.1, -0.05) is 16.6 Å². The topological polar surface area (TPSA) is 76.1 Å². The molecule has 1 aromatic heterocycles. The average molecular weight is 318 g/mol. The second-order valence-electron chi connectivity index (χ2n) is 5.18. The fourth-order valence-electron chi connectivity index (χ4n) is 2.37. The maximum atomic E-state index is 11.9. The second-order valence-corrected chi connectivity index (χ2v) is 5.79. The number of carbonyl (C=O) groups excluding carboxylic acids is 1. The highest BCUT2D eigenvalue weighted by atomic mass is 32.1. The first kappa shape index (κ1) is 15.1. The summed E-state index contributed by atoms with van der Waals surface area (Å²) >= 11 is 1.32. The standard InChI is InChI=1S/C15H18N4O2S/c20-15(9-16-8-13-2-1-7-21-13)17-12-5-3-11(4-6-12)14-10-22-19-18-14/h3-6,10,13,16H,1-2,7-9H2,(H,17,20)/t13-/m1/s1. The van der Waals surface area contributed by atoms with Gasteiger partial charge in [0.05, 0.1) is 12.6 Å². The molecule has 0 bridgehead atoms. The second kappa shape index (κ2) is 7.44. The van der Waals surface area contributed by atoms with Crippen molar-refractivity contribution in [3.63, 3.8) is 0 Å². The molecule has 1 fully saturated rings. The van der Waals surface area contributed by atoms with Gasteiger partial charge in [-0.25, -0.2) is 0 Å². The summed E-state index contributed by atoms with van der Waals surface area (Å²) in [5.41, 5.74) is 2.61. The zero-order valence-electron chi connectivity index (χ0n) is 12.1. The molecule has 0 radical (unpaired) electrons. The van der Waals surface area contributed by atoms with Crippen LogP contribution in [0.4, 0.5) is 5.69 Å². The summed E-state index contributed by atoms with van der Waals surface area (Å²) in [5.74, 6) is -0.0546. The first-order valence-corrected chi connectivity index (χ1v) is 8.14. The number of amides is 1. The highest BCUT2D eigenvalue weighted by Crippen LogP contribution is 2.19. The van der Waals surface area contributed by atoms with Gasteiger partial charge in [-0.3, -0.25) is 4.79 Å². The van der Waals surface area contributed by atoms with E-state index in [1.807, 2.05) is 29.6 Å². The van der Waals surface area contributed by atoms with Crippen LogP contribution in [0.1, 0.15) is 12.8 Å². The van der Waals surface area contributed by atoms with Crippen LogP contribution in [0.15, 0.2) is 29.6 Å². The third kappa shape index (κ3) is 4.09. The van der Waals surface area contributed by atoms with E-state index in [9.17, 15) is 4.79 Å². The molecule has 2 aromatic rings. The Morgan fingerprint density at radius 2 is 2.23 bits per heavy atom. The largest absolute Gasteiger partial charge is 0.377 e. The van der Waals surface area contributed by atoms with Gasteiger partial charge >= 0.3 is 0 Å². The first-order valence-electron chi connectivity index (χ1n) is 7.31. The molecule has 2 heterocycles. The zero-order valence-corrected chi connectivity index (χ0v) is 12.9. The van der Waals surface area contributed by atoms with Gasteiger partial charge in [-0.05, 0) is 36.5 Å². The number of anilines is 1. The van der Waals surface area contributed by atoms with E-state index in [-0.39, 0.29) is 18.6 Å². The maximum Gasteiger partial charge on any atom is 0.238 e. The van der Waals surface area contributed by atoms with Crippen molar-refractivity contribution in [3.05, 3.63) is 29.6 Å². The number of rotatable bonds is 6. The van der Waals surface area contributed by atoms with E-state index in [1.54, 1.807) is 0 Å². The summed E-state index contributed by atoms with van der Waals surface area (Å²) < 4.78 is 9.34. The minimum absolute atomic E-state index is 0.0546. The summed E-state index contributed by atoms with van der Waals surface area (Å²) in [6.07, 6.45) is 2.43. The fraction of sp³-hybridized carbons (Fsp3) is 0.400. The van der Waals surface area contributed by atoms with E-state index < -0.39 is 0 Å². The van der Waals surface area contributed by atoms with Crippen LogP contribution in [-0.4, -0.2) is 41.3 Å². The third-order valence-corrected chi connectivity index (χ3v) is 4.01. The van der Waals surface area contributed by atoms with Crippen LogP contribution >= 0.6 is 11.5 Å². The summed E-state index contributed by atoms with van der Waals surface area (Å²) in [6, 6.07) is 7.58. The van der Waals surface area contributed by atoms with E-state index >= 15 is 0 Å². The molecule has 1 aromatic carbocycles. The van der Waals surface area contributed by atoms with E-state index in [4.69, 9.17) is 4.74 Å². The number of ether oxygens (including phenoxy) is 1. The minimum atomic E-state index is -0.0546. The third-order valence-electron chi connectivity index (χ3n) is 3.51. The molecular formula is C15H18N4O2S. The molecule has 116 valence electrons. The van der Waals surface area contributed by atoms with Gasteiger partial charge in [0.15, 0.2) is 0 Å². The van der Waals surface area contributed by atoms with Crippen LogP contribution in [0, 0.1) is 0 Å². The summed E-state index contributed by atoms with van der Waals surface area (Å²) in [4.78, 5) is 11.9. The van der Waals surface area contributed by atoms with Crippen LogP contribution < -0.4 is 10.6 Å². The normalized spacial score (nSPS) is 17.5. The van der Waals surface area contributed by atoms with Gasteiger partial charge in [0, 0.05) is 29.8 Å². The number of carbonyl (C=O) groups is 1. The Bertz CT molecular complexity index is 595. The Hall–Kier alpha value is -1.83. The Labute approximate surface area is 133 Å². The smallest absolute Gasteiger partial charge is 0.238 e. The van der Waals surface area contributed by atoms with Gasteiger partial charge in [-0.2, -0.15) is 0 Å². The van der Waals surface area contributed by atoms with Crippen LogP contribution in [0.2, 0.25) is 0 Å². The molecule has 1 amide bonds. The van der Waals surface area contributed by atoms with E-state index in [1.165, 1.54) is 11.5 Å². The van der Waals surface area contributed by atoms with E-state index in [2.05, 4.69) is 20.2 Å². The lowest BCUT2D eigenvalue weighted by atomic mass is 10.1. The molecular weight excluding hydrogens is 300 g/mol. The predicted molar refractivity (Wildman–Crippen MR) is 85.8 cm³/mol. The Kier molecular flexibility index (Phi) is 5.10. The zero-order chi connectivity index (χ0) is 15.2. The SMILES string of the molecule is O=C(CNC[C@H]1CCCO1)Nc1ccc(-c2csnn2)cc1. The van der Waals surface area contributed by atoms with Crippen molar-refractivity contribution in [2.24, 2.45) is 0 Å². The molecule has 1 atom stereocenters. The number of hydrogen-bond acceptors (Lipinski definition) is 6. The van der Waals surface area contributed by atoms with Gasteiger partial charge in [0.1, 0.15) is 5.69 Å². The molecule has 0 unspecified atom stereocenters. The molecule has 1 saturated heterocycles. The Balaban J connectivity index is 1.44. The number of nitrogens with zero attached hydrogens (tertiary/aromatic N) is 2. The van der Waals surface area contributed by atoms with E-state index in [0.717, 1.165) is 42.9 Å². The summed E-state index contributed by atoms with van der Waals surface area (Å²) in [6.45, 7) is 1.85. The van der Waals surface area contributed by atoms with Crippen molar-refractivity contribution >= 4 is 23.1 Å². The van der Waals surface area contributed by atoms with Crippen LogP contribution in [0.5, 0.6) is 0 Å². The van der Waals surface area contributed by atoms with Gasteiger partial charge in [-0.15, -0.1) is 5.10 Å². The predicted octanol–water partition coefficient (Wildman–Crippen LogP) is 1.91. The summed E-state index contributed by atoms with van der Waals surface area (Å²) in [5, 5.41) is 11.9. The number of nitrogens with one attached hydrogen (secondary N) is 2. The van der Waals surface area contributed by atoms with Crippen LogP contribution in [-0.2, 0) is 9.53 Å². The first-order chi connectivity index (χ1) is 10.8. The molecule has 0 spiro atoms. The van der Waals surface area contributed by atoms with Gasteiger partial charge in [0.25, 0.3) is 0 Å². The van der Waals surface area contributed by atoms with Crippen molar-refractivity contribution in [1.82, 2.24) is 14.9 Å². The number of benzene rings is 1. The minimum Gasteiger partial charge on any atom is -0.377 e. The van der Waals surface area contributed by atoms with Gasteiger partial charge in [0.2, 0.25) is 5.91 Å². The van der Waals surface area contributed by atoms with Crippen molar-refractivity contribution in [2.75, 3.05) is 25.0 Å². The van der Waals surface area contributed by atoms with Crippen molar-refractivity contribution in [1.29, 1.82) is 0 Å². The fourth-order valence-corrected chi connectivity index (χ4v) is 2.84. The van der Waals surface area contributed by atoms with Crippen LogP contribution in [0.25, 0.3) is 11.3 Å². The number of aromatic nitrogens is 2. The molecule has 22 heavy (non-hydrogen) atoms. The quantitative estimate of drug-likeness (QED) is 0.851. The van der Waals surface area contributed by atoms with Crippen molar-refractivity contribution < 1.29 is 9.53 Å². The van der Waals surface area contributed by atoms with Crippen LogP contribution in [0.3, 0.4) is 0 Å². The highest BCUT2D eigenvalue weighted by molar-refractivity contribution is 7.03. The van der Waals surface area contributed by atoms with Gasteiger partial charge < -0.3 is 15.4 Å². The van der Waals surface area contributed by atoms with Crippen molar-refractivity contribution in [2.45, 2.75) is 18.9 Å². The lowest BCUT2D eigenvalue weighted by Gasteiger charge is -2.11.